The van der Waals surface area contributed by atoms with Crippen molar-refractivity contribution in [2.75, 3.05) is 0 Å². The minimum Gasteiger partial charge on any atom is -0.312 e. The standard InChI is InChI=1S/C12H23N3/c1-9(2)14-11(4)10(3)6-12-7-13-15(5)8-12/h7-11,14H,6H2,1-5H3. The fourth-order valence-corrected chi connectivity index (χ4v) is 1.82. The molecule has 1 rings (SSSR count). The zero-order valence-corrected chi connectivity index (χ0v) is 10.5. The van der Waals surface area contributed by atoms with E-state index in [2.05, 4.69) is 44.3 Å². The predicted molar refractivity (Wildman–Crippen MR) is 63.8 cm³/mol. The first-order chi connectivity index (χ1) is 6.99. The van der Waals surface area contributed by atoms with Gasteiger partial charge in [-0.15, -0.1) is 0 Å². The summed E-state index contributed by atoms with van der Waals surface area (Å²) in [7, 11) is 1.96. The van der Waals surface area contributed by atoms with Gasteiger partial charge in [0, 0.05) is 25.3 Å². The Morgan fingerprint density at radius 1 is 1.33 bits per heavy atom. The number of hydrogen-bond acceptors (Lipinski definition) is 2. The molecule has 0 fully saturated rings. The lowest BCUT2D eigenvalue weighted by Gasteiger charge is -2.23. The molecule has 0 saturated carbocycles. The number of aryl methyl sites for hydroxylation is 1. The van der Waals surface area contributed by atoms with Crippen molar-refractivity contribution in [3.8, 4) is 0 Å². The van der Waals surface area contributed by atoms with E-state index >= 15 is 0 Å². The van der Waals surface area contributed by atoms with E-state index in [1.54, 1.807) is 0 Å². The average molecular weight is 209 g/mol. The normalized spacial score (nSPS) is 15.6. The molecule has 0 aliphatic carbocycles. The van der Waals surface area contributed by atoms with Crippen molar-refractivity contribution < 1.29 is 0 Å². The average Bonchev–Trinajstić information content (AvgIpc) is 2.50. The van der Waals surface area contributed by atoms with Gasteiger partial charge in [0.15, 0.2) is 0 Å². The van der Waals surface area contributed by atoms with Crippen molar-refractivity contribution in [2.24, 2.45) is 13.0 Å². The fraction of sp³-hybridized carbons (Fsp3) is 0.750. The van der Waals surface area contributed by atoms with Gasteiger partial charge in [0.25, 0.3) is 0 Å². The maximum atomic E-state index is 4.19. The molecule has 15 heavy (non-hydrogen) atoms. The van der Waals surface area contributed by atoms with Gasteiger partial charge in [-0.3, -0.25) is 4.68 Å². The Hall–Kier alpha value is -0.830. The summed E-state index contributed by atoms with van der Waals surface area (Å²) in [6, 6.07) is 1.10. The van der Waals surface area contributed by atoms with E-state index in [9.17, 15) is 0 Å². The molecule has 2 atom stereocenters. The zero-order valence-electron chi connectivity index (χ0n) is 10.5. The maximum Gasteiger partial charge on any atom is 0.0521 e. The number of nitrogens with zero attached hydrogens (tertiary/aromatic N) is 2. The minimum absolute atomic E-state index is 0.546. The molecule has 1 aromatic rings. The van der Waals surface area contributed by atoms with E-state index in [4.69, 9.17) is 0 Å². The molecule has 3 nitrogen and oxygen atoms in total. The van der Waals surface area contributed by atoms with Crippen molar-refractivity contribution >= 4 is 0 Å². The first-order valence-electron chi connectivity index (χ1n) is 5.72. The van der Waals surface area contributed by atoms with Crippen molar-refractivity contribution in [3.05, 3.63) is 18.0 Å². The van der Waals surface area contributed by atoms with Crippen LogP contribution in [0, 0.1) is 5.92 Å². The van der Waals surface area contributed by atoms with Gasteiger partial charge in [0.2, 0.25) is 0 Å². The molecule has 0 aliphatic rings. The highest BCUT2D eigenvalue weighted by Gasteiger charge is 2.13. The van der Waals surface area contributed by atoms with E-state index in [1.807, 2.05) is 17.9 Å². The van der Waals surface area contributed by atoms with Crippen LogP contribution in [0.15, 0.2) is 12.4 Å². The molecule has 0 amide bonds. The van der Waals surface area contributed by atoms with Crippen LogP contribution in [0.25, 0.3) is 0 Å². The molecule has 3 heteroatoms. The van der Waals surface area contributed by atoms with Crippen molar-refractivity contribution in [2.45, 2.75) is 46.2 Å². The van der Waals surface area contributed by atoms with Gasteiger partial charge in [-0.05, 0) is 24.8 Å². The molecule has 86 valence electrons. The third kappa shape index (κ3) is 4.04. The number of hydrogen-bond donors (Lipinski definition) is 1. The Kier molecular flexibility index (Phi) is 4.33. The zero-order chi connectivity index (χ0) is 11.4. The molecule has 1 heterocycles. The van der Waals surface area contributed by atoms with Crippen LogP contribution in [-0.4, -0.2) is 21.9 Å². The van der Waals surface area contributed by atoms with Crippen LogP contribution >= 0.6 is 0 Å². The summed E-state index contributed by atoms with van der Waals surface area (Å²) >= 11 is 0. The topological polar surface area (TPSA) is 29.9 Å². The smallest absolute Gasteiger partial charge is 0.0521 e. The second-order valence-corrected chi connectivity index (χ2v) is 4.81. The van der Waals surface area contributed by atoms with Gasteiger partial charge in [-0.2, -0.15) is 5.10 Å². The molecule has 0 aromatic carbocycles. The van der Waals surface area contributed by atoms with Crippen LogP contribution in [0.5, 0.6) is 0 Å². The molecule has 0 bridgehead atoms. The quantitative estimate of drug-likeness (QED) is 0.803. The van der Waals surface area contributed by atoms with Crippen LogP contribution in [0.1, 0.15) is 33.3 Å². The van der Waals surface area contributed by atoms with Gasteiger partial charge >= 0.3 is 0 Å². The van der Waals surface area contributed by atoms with E-state index in [0.717, 1.165) is 6.42 Å². The van der Waals surface area contributed by atoms with Gasteiger partial charge in [0.05, 0.1) is 6.20 Å². The van der Waals surface area contributed by atoms with Crippen LogP contribution in [0.3, 0.4) is 0 Å². The summed E-state index contributed by atoms with van der Waals surface area (Å²) in [4.78, 5) is 0. The first-order valence-corrected chi connectivity index (χ1v) is 5.72. The number of nitrogens with one attached hydrogen (secondary N) is 1. The summed E-state index contributed by atoms with van der Waals surface area (Å²) in [6.45, 7) is 8.91. The second kappa shape index (κ2) is 5.31. The number of aromatic nitrogens is 2. The molecule has 2 unspecified atom stereocenters. The van der Waals surface area contributed by atoms with Crippen molar-refractivity contribution in [1.29, 1.82) is 0 Å². The monoisotopic (exact) mass is 209 g/mol. The lowest BCUT2D eigenvalue weighted by atomic mass is 9.96. The lowest BCUT2D eigenvalue weighted by Crippen LogP contribution is -2.37. The summed E-state index contributed by atoms with van der Waals surface area (Å²) in [5.74, 6) is 0.636. The molecular weight excluding hydrogens is 186 g/mol. The first kappa shape index (κ1) is 12.2. The summed E-state index contributed by atoms with van der Waals surface area (Å²) in [6.07, 6.45) is 5.14. The third-order valence-electron chi connectivity index (χ3n) is 2.77. The van der Waals surface area contributed by atoms with Gasteiger partial charge in [0.1, 0.15) is 0 Å². The van der Waals surface area contributed by atoms with Crippen LogP contribution in [-0.2, 0) is 13.5 Å². The van der Waals surface area contributed by atoms with Crippen molar-refractivity contribution in [1.82, 2.24) is 15.1 Å². The van der Waals surface area contributed by atoms with Crippen LogP contribution < -0.4 is 5.32 Å². The highest BCUT2D eigenvalue weighted by atomic mass is 15.2. The molecule has 0 spiro atoms. The fourth-order valence-electron chi connectivity index (χ4n) is 1.82. The summed E-state index contributed by atoms with van der Waals surface area (Å²) < 4.78 is 1.86. The largest absolute Gasteiger partial charge is 0.312 e. The predicted octanol–water partition coefficient (Wildman–Crippen LogP) is 1.99. The molecule has 1 N–H and O–H groups in total. The summed E-state index contributed by atoms with van der Waals surface area (Å²) in [5, 5.41) is 7.73. The minimum atomic E-state index is 0.546. The Morgan fingerprint density at radius 3 is 2.47 bits per heavy atom. The Labute approximate surface area is 92.9 Å². The SMILES string of the molecule is CC(C)NC(C)C(C)Cc1cnn(C)c1. The third-order valence-corrected chi connectivity index (χ3v) is 2.77. The van der Waals surface area contributed by atoms with Gasteiger partial charge < -0.3 is 5.32 Å². The Bertz CT molecular complexity index is 291. The maximum absolute atomic E-state index is 4.19. The Morgan fingerprint density at radius 2 is 2.00 bits per heavy atom. The van der Waals surface area contributed by atoms with E-state index in [-0.39, 0.29) is 0 Å². The second-order valence-electron chi connectivity index (χ2n) is 4.81. The lowest BCUT2D eigenvalue weighted by molar-refractivity contribution is 0.372. The Balaban J connectivity index is 2.44. The number of rotatable bonds is 5. The van der Waals surface area contributed by atoms with E-state index < -0.39 is 0 Å². The van der Waals surface area contributed by atoms with E-state index in [0.29, 0.717) is 18.0 Å². The molecule has 0 saturated heterocycles. The highest BCUT2D eigenvalue weighted by molar-refractivity contribution is 5.05. The van der Waals surface area contributed by atoms with Gasteiger partial charge in [-0.1, -0.05) is 20.8 Å². The van der Waals surface area contributed by atoms with Gasteiger partial charge in [-0.25, -0.2) is 0 Å². The van der Waals surface area contributed by atoms with Crippen LogP contribution in [0.4, 0.5) is 0 Å². The van der Waals surface area contributed by atoms with Crippen molar-refractivity contribution in [3.63, 3.8) is 0 Å². The highest BCUT2D eigenvalue weighted by Crippen LogP contribution is 2.11. The van der Waals surface area contributed by atoms with Crippen LogP contribution in [0.2, 0.25) is 0 Å². The molecule has 1 aromatic heterocycles. The molecule has 0 radical (unpaired) electrons. The molecular formula is C12H23N3. The summed E-state index contributed by atoms with van der Waals surface area (Å²) in [5.41, 5.74) is 1.32. The van der Waals surface area contributed by atoms with E-state index in [1.165, 1.54) is 5.56 Å². The molecule has 0 aliphatic heterocycles.